The van der Waals surface area contributed by atoms with Crippen LogP contribution in [0.15, 0.2) is 21.9 Å². The highest BCUT2D eigenvalue weighted by molar-refractivity contribution is 5.81. The Morgan fingerprint density at radius 2 is 1.81 bits per heavy atom. The molecule has 0 aliphatic rings. The normalized spacial score (nSPS) is 11.2. The molecule has 0 aromatic carbocycles. The maximum absolute atomic E-state index is 12.4. The molecule has 0 aliphatic carbocycles. The minimum absolute atomic E-state index is 0.0315. The van der Waals surface area contributed by atoms with E-state index in [9.17, 15) is 19.8 Å². The van der Waals surface area contributed by atoms with Gasteiger partial charge in [0, 0.05) is 12.6 Å². The van der Waals surface area contributed by atoms with E-state index in [1.165, 1.54) is 10.6 Å². The Balaban J connectivity index is 2.03. The van der Waals surface area contributed by atoms with E-state index in [4.69, 9.17) is 4.74 Å². The van der Waals surface area contributed by atoms with Crippen molar-refractivity contribution in [3.63, 3.8) is 0 Å². The number of aromatic amines is 1. The second kappa shape index (κ2) is 10.1. The Hall–Kier alpha value is -3.43. The molecule has 0 amide bonds. The predicted molar refractivity (Wildman–Crippen MR) is 115 cm³/mol. The Bertz CT molecular complexity index is 1170. The minimum Gasteiger partial charge on any atom is -0.507 e. The van der Waals surface area contributed by atoms with Gasteiger partial charge in [0.2, 0.25) is 17.6 Å². The highest BCUT2D eigenvalue weighted by Crippen LogP contribution is 2.29. The summed E-state index contributed by atoms with van der Waals surface area (Å²) in [5, 5.41) is 20.1. The molecule has 3 aromatic rings. The number of fused-ring (bicyclic) bond motifs is 1. The first-order valence-electron chi connectivity index (χ1n) is 10.5. The van der Waals surface area contributed by atoms with Crippen LogP contribution in [0.2, 0.25) is 0 Å². The lowest BCUT2D eigenvalue weighted by molar-refractivity contribution is 0.407. The van der Waals surface area contributed by atoms with Gasteiger partial charge in [0.05, 0.1) is 6.20 Å². The van der Waals surface area contributed by atoms with Crippen molar-refractivity contribution < 1.29 is 14.9 Å². The first-order valence-corrected chi connectivity index (χ1v) is 10.5. The van der Waals surface area contributed by atoms with Crippen LogP contribution < -0.4 is 16.0 Å². The quantitative estimate of drug-likeness (QED) is 0.417. The highest BCUT2D eigenvalue weighted by Gasteiger charge is 2.17. The molecule has 3 aromatic heterocycles. The second-order valence-electron chi connectivity index (χ2n) is 7.34. The maximum atomic E-state index is 12.4. The van der Waals surface area contributed by atoms with Crippen LogP contribution >= 0.6 is 0 Å². The Labute approximate surface area is 178 Å². The van der Waals surface area contributed by atoms with Crippen molar-refractivity contribution in [1.82, 2.24) is 24.5 Å². The van der Waals surface area contributed by atoms with Crippen LogP contribution in [0.5, 0.6) is 23.4 Å². The van der Waals surface area contributed by atoms with Crippen molar-refractivity contribution in [2.24, 2.45) is 0 Å². The number of rotatable bonds is 10. The summed E-state index contributed by atoms with van der Waals surface area (Å²) in [6, 6.07) is 1.20. The summed E-state index contributed by atoms with van der Waals surface area (Å²) in [6.07, 6.45) is 7.13. The van der Waals surface area contributed by atoms with Crippen LogP contribution in [-0.2, 0) is 13.0 Å². The third kappa shape index (κ3) is 5.19. The molecule has 0 bridgehead atoms. The minimum atomic E-state index is -0.715. The number of unbranched alkanes of at least 4 members (excludes halogenated alkanes) is 4. The number of aromatic nitrogens is 5. The summed E-state index contributed by atoms with van der Waals surface area (Å²) in [7, 11) is 0. The SMILES string of the molecule is CCCCCc1nc(O)cnc1Oc1cc(O)c2c(=O)[nH]c(=O)n(CCCCC)c2n1. The number of pyridine rings is 1. The molecule has 0 spiro atoms. The fourth-order valence-electron chi connectivity index (χ4n) is 3.31. The summed E-state index contributed by atoms with van der Waals surface area (Å²) in [6.45, 7) is 4.47. The van der Waals surface area contributed by atoms with E-state index < -0.39 is 11.2 Å². The summed E-state index contributed by atoms with van der Waals surface area (Å²) in [4.78, 5) is 39.3. The maximum Gasteiger partial charge on any atom is 0.330 e. The topological polar surface area (TPSA) is 143 Å². The van der Waals surface area contributed by atoms with Gasteiger partial charge < -0.3 is 14.9 Å². The molecule has 10 heteroatoms. The third-order valence-corrected chi connectivity index (χ3v) is 4.90. The van der Waals surface area contributed by atoms with Crippen LogP contribution in [0.3, 0.4) is 0 Å². The van der Waals surface area contributed by atoms with Gasteiger partial charge in [0.25, 0.3) is 5.56 Å². The smallest absolute Gasteiger partial charge is 0.330 e. The van der Waals surface area contributed by atoms with Crippen molar-refractivity contribution >= 4 is 11.0 Å². The summed E-state index contributed by atoms with van der Waals surface area (Å²) in [5.41, 5.74) is -0.810. The van der Waals surface area contributed by atoms with Gasteiger partial charge >= 0.3 is 5.69 Å². The molecule has 0 saturated carbocycles. The van der Waals surface area contributed by atoms with Gasteiger partial charge in [-0.15, -0.1) is 0 Å². The Morgan fingerprint density at radius 1 is 1.06 bits per heavy atom. The lowest BCUT2D eigenvalue weighted by atomic mass is 10.1. The Morgan fingerprint density at radius 3 is 2.55 bits per heavy atom. The van der Waals surface area contributed by atoms with Crippen molar-refractivity contribution in [2.45, 2.75) is 65.3 Å². The molecule has 0 atom stereocenters. The number of nitrogens with one attached hydrogen (secondary N) is 1. The zero-order valence-electron chi connectivity index (χ0n) is 17.7. The van der Waals surface area contributed by atoms with E-state index in [2.05, 4.69) is 26.9 Å². The third-order valence-electron chi connectivity index (χ3n) is 4.90. The van der Waals surface area contributed by atoms with Crippen LogP contribution in [0, 0.1) is 0 Å². The molecule has 0 aliphatic heterocycles. The number of ether oxygens (including phenoxy) is 1. The monoisotopic (exact) mass is 429 g/mol. The molecular weight excluding hydrogens is 402 g/mol. The molecule has 0 fully saturated rings. The average Bonchev–Trinajstić information content (AvgIpc) is 2.72. The van der Waals surface area contributed by atoms with Gasteiger partial charge in [-0.3, -0.25) is 14.3 Å². The first kappa shape index (κ1) is 22.3. The molecule has 3 rings (SSSR count). The number of aryl methyl sites for hydroxylation is 2. The van der Waals surface area contributed by atoms with Gasteiger partial charge in [0.1, 0.15) is 16.8 Å². The highest BCUT2D eigenvalue weighted by atomic mass is 16.5. The van der Waals surface area contributed by atoms with Gasteiger partial charge in [-0.2, -0.15) is 4.98 Å². The fraction of sp³-hybridized carbons (Fsp3) is 0.476. The summed E-state index contributed by atoms with van der Waals surface area (Å²) in [5.74, 6) is -0.463. The molecule has 3 heterocycles. The number of hydrogen-bond acceptors (Lipinski definition) is 8. The van der Waals surface area contributed by atoms with Crippen LogP contribution in [0.4, 0.5) is 0 Å². The molecule has 0 unspecified atom stereocenters. The number of hydrogen-bond donors (Lipinski definition) is 3. The lowest BCUT2D eigenvalue weighted by Gasteiger charge is -2.12. The first-order chi connectivity index (χ1) is 14.9. The number of H-pyrrole nitrogens is 1. The molecule has 10 nitrogen and oxygen atoms in total. The summed E-state index contributed by atoms with van der Waals surface area (Å²) >= 11 is 0. The van der Waals surface area contributed by atoms with E-state index in [1.54, 1.807) is 0 Å². The zero-order chi connectivity index (χ0) is 22.4. The van der Waals surface area contributed by atoms with Crippen molar-refractivity contribution in [1.29, 1.82) is 0 Å². The lowest BCUT2D eigenvalue weighted by Crippen LogP contribution is -2.31. The van der Waals surface area contributed by atoms with Crippen LogP contribution in [0.25, 0.3) is 11.0 Å². The number of aromatic hydroxyl groups is 2. The molecule has 3 N–H and O–H groups in total. The molecular formula is C21H27N5O5. The predicted octanol–water partition coefficient (Wildman–Crippen LogP) is 3.00. The molecule has 0 saturated heterocycles. The standard InChI is InChI=1S/C21H27N5O5/c1-3-5-7-9-13-20(22-12-15(28)23-13)31-16-11-14(27)17-18(24-16)26(10-8-6-4-2)21(30)25-19(17)29/h11-12H,3-10H2,1-2H3,(H,23,28)(H,24,27)(H,25,29,30). The zero-order valence-corrected chi connectivity index (χ0v) is 17.7. The van der Waals surface area contributed by atoms with E-state index >= 15 is 0 Å². The molecule has 166 valence electrons. The van der Waals surface area contributed by atoms with Crippen molar-refractivity contribution in [2.75, 3.05) is 0 Å². The van der Waals surface area contributed by atoms with Gasteiger partial charge in [-0.1, -0.05) is 39.5 Å². The summed E-state index contributed by atoms with van der Waals surface area (Å²) < 4.78 is 7.08. The van der Waals surface area contributed by atoms with E-state index in [0.717, 1.165) is 44.7 Å². The van der Waals surface area contributed by atoms with Crippen LogP contribution in [-0.4, -0.2) is 34.7 Å². The van der Waals surface area contributed by atoms with E-state index in [-0.39, 0.29) is 34.4 Å². The van der Waals surface area contributed by atoms with E-state index in [1.807, 2.05) is 6.92 Å². The van der Waals surface area contributed by atoms with Crippen molar-refractivity contribution in [3.8, 4) is 23.4 Å². The second-order valence-corrected chi connectivity index (χ2v) is 7.34. The van der Waals surface area contributed by atoms with Crippen LogP contribution in [0.1, 0.15) is 58.1 Å². The van der Waals surface area contributed by atoms with Gasteiger partial charge in [-0.05, 0) is 19.3 Å². The molecule has 0 radical (unpaired) electrons. The Kier molecular flexibility index (Phi) is 7.22. The van der Waals surface area contributed by atoms with Gasteiger partial charge in [-0.25, -0.2) is 14.8 Å². The largest absolute Gasteiger partial charge is 0.507 e. The van der Waals surface area contributed by atoms with Crippen molar-refractivity contribution in [3.05, 3.63) is 38.8 Å². The van der Waals surface area contributed by atoms with E-state index in [0.29, 0.717) is 18.7 Å². The van der Waals surface area contributed by atoms with Gasteiger partial charge in [0.15, 0.2) is 5.65 Å². The average molecular weight is 429 g/mol. The molecule has 31 heavy (non-hydrogen) atoms. The number of nitrogens with zero attached hydrogens (tertiary/aromatic N) is 4. The fourth-order valence-corrected chi connectivity index (χ4v) is 3.31.